The van der Waals surface area contributed by atoms with E-state index in [1.54, 1.807) is 36.7 Å². The molecule has 7 heteroatoms. The van der Waals surface area contributed by atoms with Crippen LogP contribution < -0.4 is 5.32 Å². The van der Waals surface area contributed by atoms with Crippen molar-refractivity contribution in [1.29, 1.82) is 0 Å². The predicted octanol–water partition coefficient (Wildman–Crippen LogP) is 4.06. The number of ether oxygens (including phenoxy) is 1. The van der Waals surface area contributed by atoms with Crippen molar-refractivity contribution >= 4 is 18.0 Å². The van der Waals surface area contributed by atoms with E-state index in [1.807, 2.05) is 37.3 Å². The molecule has 1 atom stereocenters. The van der Waals surface area contributed by atoms with Crippen LogP contribution in [-0.4, -0.2) is 28.3 Å². The van der Waals surface area contributed by atoms with Gasteiger partial charge in [0, 0.05) is 17.3 Å². The lowest BCUT2D eigenvalue weighted by molar-refractivity contribution is -0.147. The van der Waals surface area contributed by atoms with E-state index in [-0.39, 0.29) is 12.4 Å². The highest BCUT2D eigenvalue weighted by atomic mass is 19.1. The Kier molecular flexibility index (Phi) is 6.97. The molecule has 0 aliphatic rings. The molecule has 0 radical (unpaired) electrons. The molecule has 0 fully saturated rings. The smallest absolute Gasteiger partial charge is 0.333 e. The van der Waals surface area contributed by atoms with Crippen molar-refractivity contribution in [2.45, 2.75) is 26.8 Å². The van der Waals surface area contributed by atoms with Gasteiger partial charge >= 0.3 is 5.97 Å². The summed E-state index contributed by atoms with van der Waals surface area (Å²) in [6, 6.07) is 14.2. The number of benzene rings is 2. The third-order valence-corrected chi connectivity index (χ3v) is 4.74. The van der Waals surface area contributed by atoms with Crippen molar-refractivity contribution in [1.82, 2.24) is 15.1 Å². The second-order valence-corrected chi connectivity index (χ2v) is 6.91. The fourth-order valence-corrected chi connectivity index (χ4v) is 3.30. The maximum atomic E-state index is 13.0. The van der Waals surface area contributed by atoms with Gasteiger partial charge in [0.25, 0.3) is 0 Å². The normalized spacial score (nSPS) is 12.0. The fourth-order valence-electron chi connectivity index (χ4n) is 3.30. The van der Waals surface area contributed by atoms with Gasteiger partial charge in [0.05, 0.1) is 18.0 Å². The summed E-state index contributed by atoms with van der Waals surface area (Å²) in [5.41, 5.74) is 3.44. The average molecular weight is 421 g/mol. The van der Waals surface area contributed by atoms with E-state index in [0.717, 1.165) is 11.4 Å². The Hall–Kier alpha value is -3.74. The van der Waals surface area contributed by atoms with E-state index >= 15 is 0 Å². The number of nitrogens with one attached hydrogen (secondary N) is 1. The number of carbonyl (C=O) groups excluding carboxylic acids is 2. The Morgan fingerprint density at radius 2 is 1.81 bits per heavy atom. The van der Waals surface area contributed by atoms with E-state index in [1.165, 1.54) is 18.2 Å². The molecule has 0 spiro atoms. The zero-order valence-corrected chi connectivity index (χ0v) is 17.6. The first-order chi connectivity index (χ1) is 14.9. The Bertz CT molecular complexity index is 1090. The molecule has 0 saturated carbocycles. The van der Waals surface area contributed by atoms with Crippen LogP contribution in [0.5, 0.6) is 0 Å². The molecule has 6 nitrogen and oxygen atoms in total. The summed E-state index contributed by atoms with van der Waals surface area (Å²) in [6.45, 7) is 5.52. The van der Waals surface area contributed by atoms with E-state index < -0.39 is 17.9 Å². The van der Waals surface area contributed by atoms with Gasteiger partial charge in [0.1, 0.15) is 5.82 Å². The monoisotopic (exact) mass is 421 g/mol. The highest BCUT2D eigenvalue weighted by Crippen LogP contribution is 2.25. The number of para-hydroxylation sites is 1. The van der Waals surface area contributed by atoms with Crippen LogP contribution in [-0.2, 0) is 14.3 Å². The lowest BCUT2D eigenvalue weighted by Crippen LogP contribution is -2.34. The molecule has 160 valence electrons. The zero-order valence-electron chi connectivity index (χ0n) is 17.6. The summed E-state index contributed by atoms with van der Waals surface area (Å²) >= 11 is 0. The van der Waals surface area contributed by atoms with E-state index in [9.17, 15) is 14.0 Å². The standard InChI is InChI=1S/C24H24FN3O3/c1-4-31-24(30)23(26-21(29)15-12-18-10-13-19(25)14-11-18)22-16(2)27-28(17(22)3)20-8-6-5-7-9-20/h5-15,23H,4H2,1-3H3,(H,26,29)/b15-12+/t23-/m1/s1. The zero-order chi connectivity index (χ0) is 22.4. The number of esters is 1. The summed E-state index contributed by atoms with van der Waals surface area (Å²) in [7, 11) is 0. The number of hydrogen-bond acceptors (Lipinski definition) is 4. The molecule has 2 aromatic carbocycles. The molecule has 0 unspecified atom stereocenters. The minimum Gasteiger partial charge on any atom is -0.464 e. The van der Waals surface area contributed by atoms with Crippen LogP contribution in [0.1, 0.15) is 35.5 Å². The lowest BCUT2D eigenvalue weighted by Gasteiger charge is -2.17. The number of amides is 1. The quantitative estimate of drug-likeness (QED) is 0.461. The first-order valence-electron chi connectivity index (χ1n) is 9.93. The van der Waals surface area contributed by atoms with E-state index in [2.05, 4.69) is 10.4 Å². The van der Waals surface area contributed by atoms with Gasteiger partial charge in [0.2, 0.25) is 5.91 Å². The lowest BCUT2D eigenvalue weighted by atomic mass is 10.0. The van der Waals surface area contributed by atoms with Gasteiger partial charge in [-0.1, -0.05) is 30.3 Å². The third kappa shape index (κ3) is 5.25. The third-order valence-electron chi connectivity index (χ3n) is 4.74. The van der Waals surface area contributed by atoms with Gasteiger partial charge in [-0.25, -0.2) is 13.9 Å². The van der Waals surface area contributed by atoms with Gasteiger partial charge in [-0.05, 0) is 56.7 Å². The summed E-state index contributed by atoms with van der Waals surface area (Å²) in [5, 5.41) is 7.28. The minimum atomic E-state index is -1.01. The number of nitrogens with zero attached hydrogens (tertiary/aromatic N) is 2. The van der Waals surface area contributed by atoms with Crippen LogP contribution in [0.2, 0.25) is 0 Å². The molecular weight excluding hydrogens is 397 g/mol. The number of hydrogen-bond donors (Lipinski definition) is 1. The summed E-state index contributed by atoms with van der Waals surface area (Å²) in [6.07, 6.45) is 2.84. The number of rotatable bonds is 7. The maximum absolute atomic E-state index is 13.0. The largest absolute Gasteiger partial charge is 0.464 e. The number of aromatic nitrogens is 2. The molecule has 0 aliphatic heterocycles. The van der Waals surface area contributed by atoms with Crippen molar-refractivity contribution in [3.63, 3.8) is 0 Å². The maximum Gasteiger partial charge on any atom is 0.333 e. The predicted molar refractivity (Wildman–Crippen MR) is 116 cm³/mol. The van der Waals surface area contributed by atoms with Crippen LogP contribution in [0.4, 0.5) is 4.39 Å². The Labute approximate surface area is 180 Å². The number of carbonyl (C=O) groups is 2. The molecule has 3 aromatic rings. The topological polar surface area (TPSA) is 73.2 Å². The first kappa shape index (κ1) is 22.0. The van der Waals surface area contributed by atoms with E-state index in [0.29, 0.717) is 16.8 Å². The van der Waals surface area contributed by atoms with Gasteiger partial charge in [0.15, 0.2) is 6.04 Å². The van der Waals surface area contributed by atoms with E-state index in [4.69, 9.17) is 4.74 Å². The summed E-state index contributed by atoms with van der Waals surface area (Å²) < 4.78 is 20.0. The highest BCUT2D eigenvalue weighted by molar-refractivity contribution is 5.95. The van der Waals surface area contributed by atoms with Crippen LogP contribution in [0.3, 0.4) is 0 Å². The average Bonchev–Trinajstić information content (AvgIpc) is 3.06. The number of aryl methyl sites for hydroxylation is 1. The van der Waals surface area contributed by atoms with Crippen molar-refractivity contribution < 1.29 is 18.7 Å². The molecule has 1 heterocycles. The molecule has 3 rings (SSSR count). The first-order valence-corrected chi connectivity index (χ1v) is 9.93. The molecule has 0 saturated heterocycles. The molecule has 0 bridgehead atoms. The Balaban J connectivity index is 1.89. The highest BCUT2D eigenvalue weighted by Gasteiger charge is 2.30. The van der Waals surface area contributed by atoms with Gasteiger partial charge in [-0.15, -0.1) is 0 Å². The second-order valence-electron chi connectivity index (χ2n) is 6.91. The Morgan fingerprint density at radius 1 is 1.13 bits per heavy atom. The summed E-state index contributed by atoms with van der Waals surface area (Å²) in [4.78, 5) is 25.3. The minimum absolute atomic E-state index is 0.182. The van der Waals surface area contributed by atoms with Crippen molar-refractivity contribution in [3.05, 3.63) is 89.0 Å². The molecule has 1 aromatic heterocycles. The summed E-state index contributed by atoms with van der Waals surface area (Å²) in [5.74, 6) is -1.40. The van der Waals surface area contributed by atoms with Gasteiger partial charge < -0.3 is 10.1 Å². The Morgan fingerprint density at radius 3 is 2.45 bits per heavy atom. The van der Waals surface area contributed by atoms with Gasteiger partial charge in [-0.2, -0.15) is 5.10 Å². The van der Waals surface area contributed by atoms with Crippen LogP contribution in [0.15, 0.2) is 60.7 Å². The van der Waals surface area contributed by atoms with Gasteiger partial charge in [-0.3, -0.25) is 4.79 Å². The van der Waals surface area contributed by atoms with Crippen molar-refractivity contribution in [2.75, 3.05) is 6.61 Å². The molecular formula is C24H24FN3O3. The van der Waals surface area contributed by atoms with Crippen LogP contribution in [0.25, 0.3) is 11.8 Å². The molecule has 31 heavy (non-hydrogen) atoms. The SMILES string of the molecule is CCOC(=O)[C@H](NC(=O)/C=C/c1ccc(F)cc1)c1c(C)nn(-c2ccccc2)c1C. The number of halogens is 1. The fraction of sp³-hybridized carbons (Fsp3) is 0.208. The molecule has 1 N–H and O–H groups in total. The van der Waals surface area contributed by atoms with Crippen LogP contribution >= 0.6 is 0 Å². The van der Waals surface area contributed by atoms with Crippen molar-refractivity contribution in [2.24, 2.45) is 0 Å². The van der Waals surface area contributed by atoms with Crippen LogP contribution in [0, 0.1) is 19.7 Å². The molecule has 1 amide bonds. The van der Waals surface area contributed by atoms with Crippen molar-refractivity contribution in [3.8, 4) is 5.69 Å². The molecule has 0 aliphatic carbocycles. The second kappa shape index (κ2) is 9.84.